The second kappa shape index (κ2) is 9.02. The van der Waals surface area contributed by atoms with Gasteiger partial charge < -0.3 is 9.80 Å². The van der Waals surface area contributed by atoms with Crippen molar-refractivity contribution in [1.82, 2.24) is 19.9 Å². The SMILES string of the molecule is Cc1ccc(-c2ncc(N3CCN(C(=O)C(C)C)CC3)nc2-c2ccncc2Cl)cc1. The molecule has 1 saturated heterocycles. The Kier molecular flexibility index (Phi) is 6.18. The van der Waals surface area contributed by atoms with Crippen LogP contribution in [0.1, 0.15) is 19.4 Å². The van der Waals surface area contributed by atoms with Gasteiger partial charge in [-0.1, -0.05) is 55.3 Å². The number of anilines is 1. The van der Waals surface area contributed by atoms with Crippen LogP contribution in [0.15, 0.2) is 48.9 Å². The number of benzene rings is 1. The van der Waals surface area contributed by atoms with E-state index in [2.05, 4.69) is 28.9 Å². The standard InChI is InChI=1S/C24H26ClN5O/c1-16(2)24(31)30-12-10-29(11-13-30)21-15-27-22(18-6-4-17(3)5-7-18)23(28-21)19-8-9-26-14-20(19)25/h4-9,14-16H,10-13H2,1-3H3. The summed E-state index contributed by atoms with van der Waals surface area (Å²) in [4.78, 5) is 30.3. The van der Waals surface area contributed by atoms with Crippen LogP contribution in [0.5, 0.6) is 0 Å². The number of carbonyl (C=O) groups is 1. The van der Waals surface area contributed by atoms with Gasteiger partial charge >= 0.3 is 0 Å². The lowest BCUT2D eigenvalue weighted by atomic mass is 10.0. The zero-order chi connectivity index (χ0) is 22.0. The molecule has 0 atom stereocenters. The number of rotatable bonds is 4. The smallest absolute Gasteiger partial charge is 0.225 e. The van der Waals surface area contributed by atoms with Crippen molar-refractivity contribution in [3.63, 3.8) is 0 Å². The highest BCUT2D eigenvalue weighted by Gasteiger charge is 2.25. The monoisotopic (exact) mass is 435 g/mol. The molecule has 31 heavy (non-hydrogen) atoms. The first-order chi connectivity index (χ1) is 14.9. The van der Waals surface area contributed by atoms with E-state index in [1.165, 1.54) is 5.56 Å². The minimum atomic E-state index is 0.0144. The van der Waals surface area contributed by atoms with Gasteiger partial charge in [0.25, 0.3) is 0 Å². The van der Waals surface area contributed by atoms with E-state index >= 15 is 0 Å². The molecule has 0 saturated carbocycles. The average Bonchev–Trinajstić information content (AvgIpc) is 2.79. The fourth-order valence-corrected chi connectivity index (χ4v) is 3.94. The number of carbonyl (C=O) groups excluding carboxylic acids is 1. The number of hydrogen-bond acceptors (Lipinski definition) is 5. The Morgan fingerprint density at radius 3 is 2.35 bits per heavy atom. The summed E-state index contributed by atoms with van der Waals surface area (Å²) in [6.45, 7) is 8.75. The van der Waals surface area contributed by atoms with Crippen molar-refractivity contribution in [2.24, 2.45) is 5.92 Å². The van der Waals surface area contributed by atoms with Gasteiger partial charge in [-0.05, 0) is 13.0 Å². The number of nitrogens with zero attached hydrogens (tertiary/aromatic N) is 5. The van der Waals surface area contributed by atoms with E-state index in [0.29, 0.717) is 18.1 Å². The third kappa shape index (κ3) is 4.54. The van der Waals surface area contributed by atoms with Crippen molar-refractivity contribution in [3.05, 3.63) is 59.5 Å². The number of aryl methyl sites for hydroxylation is 1. The quantitative estimate of drug-likeness (QED) is 0.605. The van der Waals surface area contributed by atoms with Crippen molar-refractivity contribution in [2.75, 3.05) is 31.1 Å². The summed E-state index contributed by atoms with van der Waals surface area (Å²) in [5, 5.41) is 0.537. The second-order valence-corrected chi connectivity index (χ2v) is 8.52. The Bertz CT molecular complexity index is 1080. The highest BCUT2D eigenvalue weighted by Crippen LogP contribution is 2.34. The molecule has 0 radical (unpaired) electrons. The summed E-state index contributed by atoms with van der Waals surface area (Å²) in [5.74, 6) is 1.00. The lowest BCUT2D eigenvalue weighted by Gasteiger charge is -2.36. The van der Waals surface area contributed by atoms with Crippen molar-refractivity contribution in [1.29, 1.82) is 0 Å². The Morgan fingerprint density at radius 1 is 1.00 bits per heavy atom. The van der Waals surface area contributed by atoms with Gasteiger partial charge in [0.1, 0.15) is 11.5 Å². The van der Waals surface area contributed by atoms with Crippen LogP contribution in [0, 0.1) is 12.8 Å². The molecule has 1 fully saturated rings. The predicted molar refractivity (Wildman–Crippen MR) is 124 cm³/mol. The van der Waals surface area contributed by atoms with Gasteiger partial charge in [0, 0.05) is 55.6 Å². The van der Waals surface area contributed by atoms with Gasteiger partial charge in [-0.15, -0.1) is 0 Å². The van der Waals surface area contributed by atoms with E-state index in [-0.39, 0.29) is 11.8 Å². The van der Waals surface area contributed by atoms with Crippen molar-refractivity contribution in [2.45, 2.75) is 20.8 Å². The van der Waals surface area contributed by atoms with Gasteiger partial charge in [0.15, 0.2) is 0 Å². The number of halogens is 1. The van der Waals surface area contributed by atoms with E-state index < -0.39 is 0 Å². The molecular formula is C24H26ClN5O. The van der Waals surface area contributed by atoms with Crippen LogP contribution in [-0.4, -0.2) is 51.9 Å². The van der Waals surface area contributed by atoms with Crippen LogP contribution in [0.3, 0.4) is 0 Å². The third-order valence-electron chi connectivity index (χ3n) is 5.52. The van der Waals surface area contributed by atoms with Gasteiger partial charge in [-0.25, -0.2) is 4.98 Å². The molecule has 3 aromatic rings. The summed E-state index contributed by atoms with van der Waals surface area (Å²) in [6.07, 6.45) is 5.15. The van der Waals surface area contributed by atoms with Crippen molar-refractivity contribution < 1.29 is 4.79 Å². The largest absolute Gasteiger partial charge is 0.352 e. The maximum Gasteiger partial charge on any atom is 0.225 e. The van der Waals surface area contributed by atoms with E-state index in [9.17, 15) is 4.79 Å². The third-order valence-corrected chi connectivity index (χ3v) is 5.82. The zero-order valence-electron chi connectivity index (χ0n) is 18.0. The number of piperazine rings is 1. The fraction of sp³-hybridized carbons (Fsp3) is 0.333. The Morgan fingerprint density at radius 2 is 1.71 bits per heavy atom. The van der Waals surface area contributed by atoms with Crippen LogP contribution >= 0.6 is 11.6 Å². The highest BCUT2D eigenvalue weighted by atomic mass is 35.5. The number of amides is 1. The van der Waals surface area contributed by atoms with Gasteiger partial charge in [0.05, 0.1) is 16.9 Å². The molecule has 3 heterocycles. The first kappa shape index (κ1) is 21.2. The predicted octanol–water partition coefficient (Wildman–Crippen LogP) is 4.47. The maximum atomic E-state index is 12.3. The summed E-state index contributed by atoms with van der Waals surface area (Å²) in [7, 11) is 0. The van der Waals surface area contributed by atoms with Gasteiger partial charge in [0.2, 0.25) is 5.91 Å². The number of pyridine rings is 1. The van der Waals surface area contributed by atoms with E-state index in [1.807, 2.05) is 43.1 Å². The summed E-state index contributed by atoms with van der Waals surface area (Å²) >= 11 is 6.48. The highest BCUT2D eigenvalue weighted by molar-refractivity contribution is 6.33. The lowest BCUT2D eigenvalue weighted by molar-refractivity contribution is -0.134. The Labute approximate surface area is 187 Å². The normalized spacial score (nSPS) is 14.2. The topological polar surface area (TPSA) is 62.2 Å². The molecule has 1 aromatic carbocycles. The first-order valence-electron chi connectivity index (χ1n) is 10.5. The van der Waals surface area contributed by atoms with Crippen LogP contribution in [0.25, 0.3) is 22.5 Å². The molecular weight excluding hydrogens is 410 g/mol. The minimum absolute atomic E-state index is 0.0144. The van der Waals surface area contributed by atoms with Crippen molar-refractivity contribution in [3.8, 4) is 22.5 Å². The summed E-state index contributed by atoms with van der Waals surface area (Å²) in [5.41, 5.74) is 4.49. The van der Waals surface area contributed by atoms with E-state index in [1.54, 1.807) is 12.4 Å². The second-order valence-electron chi connectivity index (χ2n) is 8.11. The van der Waals surface area contributed by atoms with Crippen LogP contribution in [0.4, 0.5) is 5.82 Å². The van der Waals surface area contributed by atoms with Gasteiger partial charge in [-0.2, -0.15) is 0 Å². The fourth-order valence-electron chi connectivity index (χ4n) is 3.73. The molecule has 0 N–H and O–H groups in total. The molecule has 0 aliphatic carbocycles. The number of hydrogen-bond donors (Lipinski definition) is 0. The maximum absolute atomic E-state index is 12.3. The minimum Gasteiger partial charge on any atom is -0.352 e. The molecule has 2 aromatic heterocycles. The molecule has 0 bridgehead atoms. The molecule has 6 nitrogen and oxygen atoms in total. The van der Waals surface area contributed by atoms with Crippen molar-refractivity contribution >= 4 is 23.3 Å². The molecule has 1 aliphatic heterocycles. The Balaban J connectivity index is 1.69. The van der Waals surface area contributed by atoms with E-state index in [4.69, 9.17) is 21.6 Å². The molecule has 7 heteroatoms. The van der Waals surface area contributed by atoms with Gasteiger partial charge in [-0.3, -0.25) is 14.8 Å². The van der Waals surface area contributed by atoms with Crippen LogP contribution in [0.2, 0.25) is 5.02 Å². The zero-order valence-corrected chi connectivity index (χ0v) is 18.8. The summed E-state index contributed by atoms with van der Waals surface area (Å²) < 4.78 is 0. The number of aromatic nitrogens is 3. The van der Waals surface area contributed by atoms with Crippen LogP contribution < -0.4 is 4.90 Å². The van der Waals surface area contributed by atoms with Crippen LogP contribution in [-0.2, 0) is 4.79 Å². The molecule has 0 spiro atoms. The summed E-state index contributed by atoms with van der Waals surface area (Å²) in [6, 6.07) is 10.1. The Hall–Kier alpha value is -2.99. The molecule has 0 unspecified atom stereocenters. The lowest BCUT2D eigenvalue weighted by Crippen LogP contribution is -2.50. The molecule has 4 rings (SSSR count). The molecule has 1 amide bonds. The molecule has 160 valence electrons. The first-order valence-corrected chi connectivity index (χ1v) is 10.9. The average molecular weight is 436 g/mol. The molecule has 1 aliphatic rings. The van der Waals surface area contributed by atoms with E-state index in [0.717, 1.165) is 41.4 Å².